The Morgan fingerprint density at radius 1 is 1.64 bits per heavy atom. The molecule has 0 bridgehead atoms. The van der Waals surface area contributed by atoms with E-state index in [9.17, 15) is 0 Å². The van der Waals surface area contributed by atoms with Crippen LogP contribution in [0.2, 0.25) is 0 Å². The molecule has 1 atom stereocenters. The Kier molecular flexibility index (Phi) is 1.01. The molecule has 1 aromatic heterocycles. The van der Waals surface area contributed by atoms with Crippen molar-refractivity contribution in [3.63, 3.8) is 0 Å². The van der Waals surface area contributed by atoms with E-state index >= 15 is 0 Å². The summed E-state index contributed by atoms with van der Waals surface area (Å²) in [5, 5.41) is 6.59. The van der Waals surface area contributed by atoms with Gasteiger partial charge in [-0.1, -0.05) is 13.8 Å². The highest BCUT2D eigenvalue weighted by Gasteiger charge is 2.61. The summed E-state index contributed by atoms with van der Waals surface area (Å²) in [6.45, 7) is 4.27. The van der Waals surface area contributed by atoms with Gasteiger partial charge in [0.05, 0.1) is 5.54 Å². The lowest BCUT2D eigenvalue weighted by atomic mass is 10.1. The second-order valence-corrected chi connectivity index (χ2v) is 3.87. The van der Waals surface area contributed by atoms with Gasteiger partial charge in [0.2, 0.25) is 0 Å². The van der Waals surface area contributed by atoms with Crippen molar-refractivity contribution in [2.45, 2.75) is 25.8 Å². The van der Waals surface area contributed by atoms with Gasteiger partial charge in [0.1, 0.15) is 12.2 Å². The lowest BCUT2D eigenvalue weighted by Gasteiger charge is -2.10. The maximum absolute atomic E-state index is 6.06. The Balaban J connectivity index is 2.33. The molecule has 1 aliphatic carbocycles. The van der Waals surface area contributed by atoms with E-state index < -0.39 is 0 Å². The normalized spacial score (nSPS) is 33.7. The van der Waals surface area contributed by atoms with Crippen molar-refractivity contribution in [1.29, 1.82) is 0 Å². The van der Waals surface area contributed by atoms with Crippen molar-refractivity contribution in [3.8, 4) is 0 Å². The molecule has 1 saturated carbocycles. The molecule has 0 saturated heterocycles. The molecule has 2 rings (SSSR count). The van der Waals surface area contributed by atoms with Gasteiger partial charge >= 0.3 is 0 Å². The van der Waals surface area contributed by atoms with Gasteiger partial charge < -0.3 is 5.73 Å². The molecule has 3 N–H and O–H groups in total. The summed E-state index contributed by atoms with van der Waals surface area (Å²) >= 11 is 0. The van der Waals surface area contributed by atoms with Gasteiger partial charge in [-0.05, 0) is 11.8 Å². The van der Waals surface area contributed by atoms with Gasteiger partial charge in [-0.3, -0.25) is 5.10 Å². The number of nitrogens with one attached hydrogen (secondary N) is 1. The first-order chi connectivity index (χ1) is 5.06. The third kappa shape index (κ3) is 0.728. The van der Waals surface area contributed by atoms with Crippen LogP contribution in [0.25, 0.3) is 0 Å². The van der Waals surface area contributed by atoms with E-state index in [0.717, 1.165) is 12.2 Å². The highest BCUT2D eigenvalue weighted by atomic mass is 15.2. The first-order valence-corrected chi connectivity index (χ1v) is 3.71. The quantitative estimate of drug-likeness (QED) is 0.611. The number of aromatic nitrogens is 3. The zero-order valence-electron chi connectivity index (χ0n) is 6.76. The molecule has 0 aromatic carbocycles. The van der Waals surface area contributed by atoms with Gasteiger partial charge in [0, 0.05) is 0 Å². The first-order valence-electron chi connectivity index (χ1n) is 3.71. The number of H-pyrrole nitrogens is 1. The van der Waals surface area contributed by atoms with Crippen LogP contribution in [-0.4, -0.2) is 15.2 Å². The van der Waals surface area contributed by atoms with E-state index in [2.05, 4.69) is 29.0 Å². The smallest absolute Gasteiger partial charge is 0.144 e. The standard InChI is InChI=1S/C7H12N4/c1-6(2)3-7(6,8)5-9-4-10-11-5/h4H,3,8H2,1-2H3,(H,9,10,11). The van der Waals surface area contributed by atoms with Crippen molar-refractivity contribution in [3.05, 3.63) is 12.2 Å². The van der Waals surface area contributed by atoms with Crippen molar-refractivity contribution in [2.24, 2.45) is 11.1 Å². The van der Waals surface area contributed by atoms with E-state index in [0.29, 0.717) is 0 Å². The van der Waals surface area contributed by atoms with Crippen molar-refractivity contribution < 1.29 is 0 Å². The van der Waals surface area contributed by atoms with E-state index in [1.54, 1.807) is 0 Å². The predicted molar refractivity (Wildman–Crippen MR) is 40.6 cm³/mol. The molecule has 0 aliphatic heterocycles. The molecular formula is C7H12N4. The summed E-state index contributed by atoms with van der Waals surface area (Å²) in [5.74, 6) is 0.808. The van der Waals surface area contributed by atoms with E-state index in [4.69, 9.17) is 5.73 Å². The van der Waals surface area contributed by atoms with Crippen molar-refractivity contribution in [1.82, 2.24) is 15.2 Å². The average Bonchev–Trinajstić information content (AvgIpc) is 2.36. The highest BCUT2D eigenvalue weighted by Crippen LogP contribution is 2.59. The maximum Gasteiger partial charge on any atom is 0.144 e. The van der Waals surface area contributed by atoms with Crippen LogP contribution < -0.4 is 5.73 Å². The molecule has 60 valence electrons. The number of nitrogens with zero attached hydrogens (tertiary/aromatic N) is 2. The minimum Gasteiger partial charge on any atom is -0.318 e. The van der Waals surface area contributed by atoms with Gasteiger partial charge in [-0.15, -0.1) is 0 Å². The monoisotopic (exact) mass is 152 g/mol. The molecule has 4 heteroatoms. The van der Waals surface area contributed by atoms with Crippen molar-refractivity contribution >= 4 is 0 Å². The first kappa shape index (κ1) is 6.79. The van der Waals surface area contributed by atoms with Crippen LogP contribution in [0.3, 0.4) is 0 Å². The van der Waals surface area contributed by atoms with Crippen LogP contribution in [0.1, 0.15) is 26.1 Å². The number of rotatable bonds is 1. The Bertz CT molecular complexity index is 264. The molecule has 0 spiro atoms. The summed E-state index contributed by atoms with van der Waals surface area (Å²) in [7, 11) is 0. The number of aromatic amines is 1. The Hall–Kier alpha value is -0.900. The van der Waals surface area contributed by atoms with Crippen LogP contribution >= 0.6 is 0 Å². The number of hydrogen-bond donors (Lipinski definition) is 2. The highest BCUT2D eigenvalue weighted by molar-refractivity contribution is 5.23. The Morgan fingerprint density at radius 2 is 2.27 bits per heavy atom. The minimum absolute atomic E-state index is 0.173. The fourth-order valence-electron chi connectivity index (χ4n) is 1.48. The molecule has 4 nitrogen and oxygen atoms in total. The molecule has 11 heavy (non-hydrogen) atoms. The topological polar surface area (TPSA) is 67.6 Å². The molecule has 1 unspecified atom stereocenters. The molecule has 1 aliphatic rings. The molecular weight excluding hydrogens is 140 g/mol. The van der Waals surface area contributed by atoms with Crippen molar-refractivity contribution in [2.75, 3.05) is 0 Å². The fraction of sp³-hybridized carbons (Fsp3) is 0.714. The van der Waals surface area contributed by atoms with Gasteiger partial charge in [0.15, 0.2) is 0 Å². The van der Waals surface area contributed by atoms with Crippen LogP contribution in [0.15, 0.2) is 6.33 Å². The predicted octanol–water partition coefficient (Wildman–Crippen LogP) is 0.389. The molecule has 0 amide bonds. The summed E-state index contributed by atoms with van der Waals surface area (Å²) < 4.78 is 0. The summed E-state index contributed by atoms with van der Waals surface area (Å²) in [4.78, 5) is 4.05. The third-order valence-corrected chi connectivity index (χ3v) is 2.64. The zero-order chi connectivity index (χ0) is 8.11. The van der Waals surface area contributed by atoms with E-state index in [1.165, 1.54) is 6.33 Å². The lowest BCUT2D eigenvalue weighted by Crippen LogP contribution is -2.26. The number of nitrogens with two attached hydrogens (primary N) is 1. The Labute approximate surface area is 65.2 Å². The number of hydrogen-bond acceptors (Lipinski definition) is 3. The summed E-state index contributed by atoms with van der Waals surface area (Å²) in [6.07, 6.45) is 2.48. The third-order valence-electron chi connectivity index (χ3n) is 2.64. The summed E-state index contributed by atoms with van der Waals surface area (Å²) in [6, 6.07) is 0. The molecule has 1 heterocycles. The molecule has 1 aromatic rings. The van der Waals surface area contributed by atoms with Gasteiger partial charge in [-0.25, -0.2) is 4.98 Å². The summed E-state index contributed by atoms with van der Waals surface area (Å²) in [5.41, 5.74) is 5.97. The van der Waals surface area contributed by atoms with Crippen LogP contribution in [-0.2, 0) is 5.54 Å². The molecule has 0 radical (unpaired) electrons. The zero-order valence-corrected chi connectivity index (χ0v) is 6.76. The van der Waals surface area contributed by atoms with E-state index in [-0.39, 0.29) is 11.0 Å². The fourth-order valence-corrected chi connectivity index (χ4v) is 1.48. The SMILES string of the molecule is CC1(C)CC1(N)c1ncn[nH]1. The largest absolute Gasteiger partial charge is 0.318 e. The van der Waals surface area contributed by atoms with E-state index in [1.807, 2.05) is 0 Å². The van der Waals surface area contributed by atoms with Crippen LogP contribution in [0.5, 0.6) is 0 Å². The second-order valence-electron chi connectivity index (χ2n) is 3.87. The maximum atomic E-state index is 6.06. The minimum atomic E-state index is -0.260. The van der Waals surface area contributed by atoms with Gasteiger partial charge in [-0.2, -0.15) is 5.10 Å². The Morgan fingerprint density at radius 3 is 2.64 bits per heavy atom. The van der Waals surface area contributed by atoms with Gasteiger partial charge in [0.25, 0.3) is 0 Å². The van der Waals surface area contributed by atoms with Crippen LogP contribution in [0.4, 0.5) is 0 Å². The van der Waals surface area contributed by atoms with Crippen LogP contribution in [0, 0.1) is 5.41 Å². The average molecular weight is 152 g/mol. The molecule has 1 fully saturated rings. The lowest BCUT2D eigenvalue weighted by molar-refractivity contribution is 0.489. The second kappa shape index (κ2) is 1.64.